The van der Waals surface area contributed by atoms with Crippen LogP contribution in [0.2, 0.25) is 0 Å². The molecule has 0 bridgehead atoms. The van der Waals surface area contributed by atoms with Gasteiger partial charge in [-0.05, 0) is 40.2 Å². The Bertz CT molecular complexity index is 928. The average Bonchev–Trinajstić information content (AvgIpc) is 3.00. The number of halogens is 1. The number of benzene rings is 1. The molecule has 0 N–H and O–H groups in total. The van der Waals surface area contributed by atoms with Gasteiger partial charge in [0, 0.05) is 12.6 Å². The van der Waals surface area contributed by atoms with E-state index in [9.17, 15) is 0 Å². The first-order chi connectivity index (χ1) is 9.70. The second kappa shape index (κ2) is 4.14. The topological polar surface area (TPSA) is 48.0 Å². The molecule has 0 saturated heterocycles. The second-order valence-electron chi connectivity index (χ2n) is 4.64. The van der Waals surface area contributed by atoms with Gasteiger partial charge in [0.1, 0.15) is 4.60 Å². The van der Waals surface area contributed by atoms with Gasteiger partial charge in [0.15, 0.2) is 5.65 Å². The minimum Gasteiger partial charge on any atom is -0.334 e. The molecule has 98 valence electrons. The molecule has 20 heavy (non-hydrogen) atoms. The predicted octanol–water partition coefficient (Wildman–Crippen LogP) is 3.05. The first-order valence-electron chi connectivity index (χ1n) is 6.14. The zero-order chi connectivity index (χ0) is 13.7. The fourth-order valence-electron chi connectivity index (χ4n) is 2.30. The number of rotatable bonds is 1. The Balaban J connectivity index is 1.90. The van der Waals surface area contributed by atoms with Crippen LogP contribution in [0.1, 0.15) is 0 Å². The van der Waals surface area contributed by atoms with Crippen LogP contribution in [0.4, 0.5) is 0 Å². The van der Waals surface area contributed by atoms with E-state index in [4.69, 9.17) is 0 Å². The van der Waals surface area contributed by atoms with Crippen molar-refractivity contribution < 1.29 is 0 Å². The monoisotopic (exact) mass is 327 g/mol. The molecule has 0 spiro atoms. The standard InChI is InChI=1S/C14H10BrN5/c1-19-8-16-11-6-9(2-4-12(11)19)10-3-5-14-17-13(15)7-20(14)18-10/h2-8H,1H3. The van der Waals surface area contributed by atoms with Gasteiger partial charge in [-0.15, -0.1) is 0 Å². The lowest BCUT2D eigenvalue weighted by Gasteiger charge is -2.02. The van der Waals surface area contributed by atoms with E-state index >= 15 is 0 Å². The second-order valence-corrected chi connectivity index (χ2v) is 5.46. The minimum atomic E-state index is 0.780. The molecule has 0 fully saturated rings. The van der Waals surface area contributed by atoms with Gasteiger partial charge in [-0.2, -0.15) is 5.10 Å². The average molecular weight is 328 g/mol. The lowest BCUT2D eigenvalue weighted by Crippen LogP contribution is -1.93. The molecule has 0 radical (unpaired) electrons. The van der Waals surface area contributed by atoms with Crippen LogP contribution in [-0.4, -0.2) is 24.1 Å². The van der Waals surface area contributed by atoms with Crippen molar-refractivity contribution in [1.29, 1.82) is 0 Å². The van der Waals surface area contributed by atoms with E-state index in [0.29, 0.717) is 0 Å². The van der Waals surface area contributed by atoms with Crippen molar-refractivity contribution in [2.24, 2.45) is 7.05 Å². The summed E-state index contributed by atoms with van der Waals surface area (Å²) in [5.41, 5.74) is 4.84. The van der Waals surface area contributed by atoms with E-state index < -0.39 is 0 Å². The molecule has 0 atom stereocenters. The van der Waals surface area contributed by atoms with Gasteiger partial charge >= 0.3 is 0 Å². The molecule has 4 rings (SSSR count). The maximum atomic E-state index is 4.57. The first kappa shape index (κ1) is 11.6. The Morgan fingerprint density at radius 3 is 2.95 bits per heavy atom. The highest BCUT2D eigenvalue weighted by Gasteiger charge is 2.06. The molecule has 5 nitrogen and oxygen atoms in total. The van der Waals surface area contributed by atoms with E-state index in [1.165, 1.54) is 0 Å². The number of nitrogens with zero attached hydrogens (tertiary/aromatic N) is 5. The van der Waals surface area contributed by atoms with Gasteiger partial charge in [-0.1, -0.05) is 6.07 Å². The third-order valence-electron chi connectivity index (χ3n) is 3.31. The predicted molar refractivity (Wildman–Crippen MR) is 80.4 cm³/mol. The van der Waals surface area contributed by atoms with Crippen molar-refractivity contribution >= 4 is 32.6 Å². The summed E-state index contributed by atoms with van der Waals surface area (Å²) in [6.45, 7) is 0. The summed E-state index contributed by atoms with van der Waals surface area (Å²) in [5, 5.41) is 4.57. The largest absolute Gasteiger partial charge is 0.334 e. The zero-order valence-electron chi connectivity index (χ0n) is 10.7. The first-order valence-corrected chi connectivity index (χ1v) is 6.93. The Morgan fingerprint density at radius 1 is 1.15 bits per heavy atom. The summed E-state index contributed by atoms with van der Waals surface area (Å²) in [5.74, 6) is 0. The molecule has 0 aliphatic rings. The van der Waals surface area contributed by atoms with E-state index in [1.807, 2.05) is 36.3 Å². The van der Waals surface area contributed by atoms with Crippen molar-refractivity contribution in [3.63, 3.8) is 0 Å². The highest BCUT2D eigenvalue weighted by Crippen LogP contribution is 2.22. The SMILES string of the molecule is Cn1cnc2cc(-c3ccc4nc(Br)cn4n3)ccc21. The van der Waals surface area contributed by atoms with Gasteiger partial charge in [0.05, 0.1) is 29.3 Å². The molecule has 6 heteroatoms. The van der Waals surface area contributed by atoms with Gasteiger partial charge in [-0.25, -0.2) is 14.5 Å². The smallest absolute Gasteiger partial charge is 0.154 e. The maximum Gasteiger partial charge on any atom is 0.154 e. The normalized spacial score (nSPS) is 11.5. The number of hydrogen-bond acceptors (Lipinski definition) is 3. The molecule has 1 aromatic carbocycles. The fourth-order valence-corrected chi connectivity index (χ4v) is 2.68. The molecule has 3 heterocycles. The fraction of sp³-hybridized carbons (Fsp3) is 0.0714. The van der Waals surface area contributed by atoms with Crippen molar-refractivity contribution in [2.45, 2.75) is 0 Å². The molecule has 3 aromatic heterocycles. The highest BCUT2D eigenvalue weighted by atomic mass is 79.9. The van der Waals surface area contributed by atoms with Crippen molar-refractivity contribution in [3.05, 3.63) is 47.5 Å². The van der Waals surface area contributed by atoms with Crippen LogP contribution < -0.4 is 0 Å². The van der Waals surface area contributed by atoms with E-state index in [0.717, 1.165) is 32.5 Å². The Morgan fingerprint density at radius 2 is 2.05 bits per heavy atom. The highest BCUT2D eigenvalue weighted by molar-refractivity contribution is 9.10. The van der Waals surface area contributed by atoms with Gasteiger partial charge in [-0.3, -0.25) is 0 Å². The van der Waals surface area contributed by atoms with Gasteiger partial charge in [0.25, 0.3) is 0 Å². The van der Waals surface area contributed by atoms with Gasteiger partial charge < -0.3 is 4.57 Å². The summed E-state index contributed by atoms with van der Waals surface area (Å²) in [4.78, 5) is 8.68. The molecule has 0 unspecified atom stereocenters. The van der Waals surface area contributed by atoms with Crippen molar-refractivity contribution in [1.82, 2.24) is 24.1 Å². The molecule has 0 aliphatic carbocycles. The zero-order valence-corrected chi connectivity index (χ0v) is 12.2. The summed E-state index contributed by atoms with van der Waals surface area (Å²) >= 11 is 3.36. The van der Waals surface area contributed by atoms with Crippen LogP contribution in [0.5, 0.6) is 0 Å². The lowest BCUT2D eigenvalue weighted by molar-refractivity contribution is 0.941. The molecule has 0 aliphatic heterocycles. The Labute approximate surface area is 123 Å². The molecule has 0 amide bonds. The number of aryl methyl sites for hydroxylation is 1. The third-order valence-corrected chi connectivity index (χ3v) is 3.69. The van der Waals surface area contributed by atoms with Crippen LogP contribution in [-0.2, 0) is 7.05 Å². The Hall–Kier alpha value is -2.21. The summed E-state index contributed by atoms with van der Waals surface area (Å²) in [7, 11) is 1.99. The van der Waals surface area contributed by atoms with Crippen LogP contribution in [0.15, 0.2) is 47.5 Å². The molecular formula is C14H10BrN5. The summed E-state index contributed by atoms with van der Waals surface area (Å²) < 4.78 is 4.55. The quantitative estimate of drug-likeness (QED) is 0.540. The molecule has 4 aromatic rings. The van der Waals surface area contributed by atoms with E-state index in [-0.39, 0.29) is 0 Å². The van der Waals surface area contributed by atoms with Crippen LogP contribution >= 0.6 is 15.9 Å². The Kier molecular flexibility index (Phi) is 2.40. The van der Waals surface area contributed by atoms with Crippen LogP contribution in [0.25, 0.3) is 27.9 Å². The van der Waals surface area contributed by atoms with Crippen molar-refractivity contribution in [3.8, 4) is 11.3 Å². The molecular weight excluding hydrogens is 318 g/mol. The minimum absolute atomic E-state index is 0.780. The van der Waals surface area contributed by atoms with E-state index in [2.05, 4.69) is 49.2 Å². The lowest BCUT2D eigenvalue weighted by atomic mass is 10.1. The molecule has 0 saturated carbocycles. The number of imidazole rings is 2. The van der Waals surface area contributed by atoms with E-state index in [1.54, 1.807) is 4.52 Å². The van der Waals surface area contributed by atoms with Crippen LogP contribution in [0.3, 0.4) is 0 Å². The maximum absolute atomic E-state index is 4.57. The van der Waals surface area contributed by atoms with Crippen LogP contribution in [0, 0.1) is 0 Å². The summed E-state index contributed by atoms with van der Waals surface area (Å²) in [6.07, 6.45) is 3.66. The number of aromatic nitrogens is 5. The van der Waals surface area contributed by atoms with Gasteiger partial charge in [0.2, 0.25) is 0 Å². The third kappa shape index (κ3) is 1.72. The number of fused-ring (bicyclic) bond motifs is 2. The number of hydrogen-bond donors (Lipinski definition) is 0. The van der Waals surface area contributed by atoms with Crippen molar-refractivity contribution in [2.75, 3.05) is 0 Å². The summed E-state index contributed by atoms with van der Waals surface area (Å²) in [6, 6.07) is 10.1.